The highest BCUT2D eigenvalue weighted by Crippen LogP contribution is 2.51. The number of hydrogen-bond donors (Lipinski definition) is 2. The minimum Gasteiger partial charge on any atom is -0.381 e. The maximum absolute atomic E-state index is 15.8. The molecule has 266 valence electrons. The number of aromatic nitrogens is 5. The smallest absolute Gasteiger partial charge is 0.255 e. The van der Waals surface area contributed by atoms with Gasteiger partial charge in [0, 0.05) is 50.4 Å². The van der Waals surface area contributed by atoms with E-state index in [2.05, 4.69) is 45.5 Å². The molecule has 11 nitrogen and oxygen atoms in total. The fourth-order valence-electron chi connectivity index (χ4n) is 7.26. The lowest BCUT2D eigenvalue weighted by molar-refractivity contribution is -0.119. The van der Waals surface area contributed by atoms with E-state index in [-0.39, 0.29) is 29.6 Å². The third-order valence-corrected chi connectivity index (χ3v) is 12.0. The van der Waals surface area contributed by atoms with Crippen LogP contribution in [0.5, 0.6) is 0 Å². The van der Waals surface area contributed by atoms with E-state index >= 15 is 4.39 Å². The van der Waals surface area contributed by atoms with Crippen molar-refractivity contribution in [2.75, 3.05) is 25.1 Å². The van der Waals surface area contributed by atoms with Crippen LogP contribution in [0.25, 0.3) is 11.1 Å². The van der Waals surface area contributed by atoms with Crippen LogP contribution < -0.4 is 10.6 Å². The number of ether oxygens (including phenoxy) is 2. The van der Waals surface area contributed by atoms with Crippen LogP contribution in [0, 0.1) is 37.5 Å². The number of hydrogen-bond acceptors (Lipinski definition) is 7. The molecular formula is C36H52FN7O4Si. The number of amides is 2. The molecule has 3 aromatic heterocycles. The quantitative estimate of drug-likeness (QED) is 0.109. The first-order valence-electron chi connectivity index (χ1n) is 18.0. The zero-order valence-corrected chi connectivity index (χ0v) is 30.9. The summed E-state index contributed by atoms with van der Waals surface area (Å²) in [5.74, 6) is -0.487. The predicted molar refractivity (Wildman–Crippen MR) is 189 cm³/mol. The van der Waals surface area contributed by atoms with Crippen molar-refractivity contribution in [3.05, 3.63) is 46.9 Å². The molecule has 2 saturated carbocycles. The van der Waals surface area contributed by atoms with Crippen LogP contribution in [-0.2, 0) is 27.4 Å². The Hall–Kier alpha value is -3.42. The molecule has 2 amide bonds. The van der Waals surface area contributed by atoms with Crippen LogP contribution in [0.4, 0.5) is 10.2 Å². The number of halogens is 1. The number of carbonyl (C=O) groups excluding carboxylic acids is 2. The molecule has 2 aliphatic carbocycles. The fraction of sp³-hybridized carbons (Fsp3) is 0.639. The largest absolute Gasteiger partial charge is 0.381 e. The van der Waals surface area contributed by atoms with E-state index in [1.165, 1.54) is 0 Å². The standard InChI is InChI=1S/C36H52FN7O4Si/c1-7-29-31(22(2)42-43(29)21-48-18-19-49(4,5)6)27-12-13-30(39-34(27)37)40-36(46)33(32(24-8-9-24)25-10-11-25)41-35(45)28-20-38-44(23(28)3)26-14-16-47-17-15-26/h12-13,20,24-26,32-33H,7-11,14-19,21H2,1-6H3,(H,41,45)(H,39,40,46)/t33-/m0/s1. The van der Waals surface area contributed by atoms with Crippen LogP contribution in [-0.4, -0.2) is 70.3 Å². The Morgan fingerprint density at radius 3 is 2.39 bits per heavy atom. The van der Waals surface area contributed by atoms with Gasteiger partial charge in [-0.15, -0.1) is 0 Å². The predicted octanol–water partition coefficient (Wildman–Crippen LogP) is 6.30. The van der Waals surface area contributed by atoms with Gasteiger partial charge in [0.1, 0.15) is 18.6 Å². The summed E-state index contributed by atoms with van der Waals surface area (Å²) in [6, 6.07) is 3.75. The van der Waals surface area contributed by atoms with Gasteiger partial charge in [0.05, 0.1) is 23.5 Å². The Bertz CT molecular complexity index is 1640. The Morgan fingerprint density at radius 1 is 1.08 bits per heavy atom. The maximum atomic E-state index is 15.8. The van der Waals surface area contributed by atoms with E-state index in [9.17, 15) is 9.59 Å². The first kappa shape index (κ1) is 35.4. The molecular weight excluding hydrogens is 642 g/mol. The van der Waals surface area contributed by atoms with Crippen LogP contribution in [0.1, 0.15) is 78.9 Å². The molecule has 1 saturated heterocycles. The SMILES string of the molecule is CCc1c(-c2ccc(NC(=O)[C@@H](NC(=O)c3cnn(C4CCOCC4)c3C)C(C3CC3)C3CC3)nc2F)c(C)nn1COCC[Si](C)(C)C. The highest BCUT2D eigenvalue weighted by atomic mass is 28.3. The Balaban J connectivity index is 1.18. The molecule has 1 atom stereocenters. The van der Waals surface area contributed by atoms with Gasteiger partial charge < -0.3 is 20.1 Å². The van der Waals surface area contributed by atoms with Gasteiger partial charge in [0.15, 0.2) is 0 Å². The first-order valence-corrected chi connectivity index (χ1v) is 21.7. The average Bonchev–Trinajstić information content (AvgIpc) is 4.00. The summed E-state index contributed by atoms with van der Waals surface area (Å²) in [4.78, 5) is 31.9. The normalized spacial score (nSPS) is 17.8. The van der Waals surface area contributed by atoms with E-state index in [1.54, 1.807) is 18.3 Å². The topological polar surface area (TPSA) is 125 Å². The number of nitrogens with one attached hydrogen (secondary N) is 2. The van der Waals surface area contributed by atoms with Crippen LogP contribution in [0.3, 0.4) is 0 Å². The number of nitrogens with zero attached hydrogens (tertiary/aromatic N) is 5. The van der Waals surface area contributed by atoms with Crippen LogP contribution in [0.15, 0.2) is 18.3 Å². The molecule has 49 heavy (non-hydrogen) atoms. The second kappa shape index (κ2) is 14.8. The van der Waals surface area contributed by atoms with E-state index in [0.717, 1.165) is 56.0 Å². The fourth-order valence-corrected chi connectivity index (χ4v) is 8.02. The zero-order chi connectivity index (χ0) is 34.9. The second-order valence-corrected chi connectivity index (χ2v) is 20.9. The summed E-state index contributed by atoms with van der Waals surface area (Å²) >= 11 is 0. The lowest BCUT2D eigenvalue weighted by atomic mass is 9.88. The molecule has 2 N–H and O–H groups in total. The van der Waals surface area contributed by atoms with Gasteiger partial charge in [-0.05, 0) is 94.7 Å². The van der Waals surface area contributed by atoms with Gasteiger partial charge in [-0.2, -0.15) is 14.6 Å². The van der Waals surface area contributed by atoms with Crippen molar-refractivity contribution < 1.29 is 23.5 Å². The molecule has 3 fully saturated rings. The number of anilines is 1. The van der Waals surface area contributed by atoms with E-state index in [1.807, 2.05) is 30.1 Å². The highest BCUT2D eigenvalue weighted by molar-refractivity contribution is 6.76. The summed E-state index contributed by atoms with van der Waals surface area (Å²) < 4.78 is 31.0. The van der Waals surface area contributed by atoms with Crippen LogP contribution in [0.2, 0.25) is 25.7 Å². The Kier molecular flexibility index (Phi) is 10.7. The number of carbonyl (C=O) groups is 2. The Labute approximate surface area is 289 Å². The van der Waals surface area contributed by atoms with Crippen molar-refractivity contribution in [2.24, 2.45) is 17.8 Å². The molecule has 0 radical (unpaired) electrons. The maximum Gasteiger partial charge on any atom is 0.255 e. The lowest BCUT2D eigenvalue weighted by Gasteiger charge is -2.27. The summed E-state index contributed by atoms with van der Waals surface area (Å²) in [5.41, 5.74) is 3.84. The molecule has 6 rings (SSSR count). The summed E-state index contributed by atoms with van der Waals surface area (Å²) in [7, 11) is -1.22. The van der Waals surface area contributed by atoms with E-state index in [0.29, 0.717) is 67.2 Å². The summed E-state index contributed by atoms with van der Waals surface area (Å²) in [5, 5.41) is 15.2. The molecule has 0 aromatic carbocycles. The zero-order valence-electron chi connectivity index (χ0n) is 29.9. The molecule has 3 aromatic rings. The van der Waals surface area contributed by atoms with Crippen molar-refractivity contribution in [1.82, 2.24) is 29.9 Å². The monoisotopic (exact) mass is 693 g/mol. The Morgan fingerprint density at radius 2 is 1.78 bits per heavy atom. The third kappa shape index (κ3) is 8.32. The molecule has 0 spiro atoms. The number of pyridine rings is 1. The van der Waals surface area contributed by atoms with Crippen molar-refractivity contribution in [3.8, 4) is 11.1 Å². The van der Waals surface area contributed by atoms with Gasteiger partial charge in [-0.3, -0.25) is 14.3 Å². The minimum absolute atomic E-state index is 0.0208. The summed E-state index contributed by atoms with van der Waals surface area (Å²) in [6.45, 7) is 15.0. The molecule has 0 unspecified atom stereocenters. The van der Waals surface area contributed by atoms with Crippen molar-refractivity contribution in [1.29, 1.82) is 0 Å². The lowest BCUT2D eigenvalue weighted by Crippen LogP contribution is -2.50. The molecule has 1 aliphatic heterocycles. The number of rotatable bonds is 15. The van der Waals surface area contributed by atoms with Crippen molar-refractivity contribution >= 4 is 25.7 Å². The van der Waals surface area contributed by atoms with Gasteiger partial charge in [-0.25, -0.2) is 9.67 Å². The molecule has 13 heteroatoms. The number of aryl methyl sites for hydroxylation is 1. The van der Waals surface area contributed by atoms with E-state index in [4.69, 9.17) is 9.47 Å². The van der Waals surface area contributed by atoms with Gasteiger partial charge in [-0.1, -0.05) is 26.6 Å². The first-order chi connectivity index (χ1) is 23.4. The van der Waals surface area contributed by atoms with Gasteiger partial charge in [0.2, 0.25) is 11.9 Å². The van der Waals surface area contributed by atoms with Crippen LogP contribution >= 0.6 is 0 Å². The molecule has 3 aliphatic rings. The van der Waals surface area contributed by atoms with Gasteiger partial charge >= 0.3 is 0 Å². The van der Waals surface area contributed by atoms with Crippen molar-refractivity contribution in [2.45, 2.75) is 110 Å². The third-order valence-electron chi connectivity index (χ3n) is 10.3. The van der Waals surface area contributed by atoms with E-state index < -0.39 is 20.1 Å². The minimum atomic E-state index is -1.22. The van der Waals surface area contributed by atoms with Crippen molar-refractivity contribution in [3.63, 3.8) is 0 Å². The summed E-state index contributed by atoms with van der Waals surface area (Å²) in [6.07, 6.45) is 8.10. The molecule has 0 bridgehead atoms. The second-order valence-electron chi connectivity index (χ2n) is 15.3. The van der Waals surface area contributed by atoms with Gasteiger partial charge in [0.25, 0.3) is 5.91 Å². The average molecular weight is 694 g/mol. The highest BCUT2D eigenvalue weighted by Gasteiger charge is 2.48. The molecule has 4 heterocycles.